The quantitative estimate of drug-likeness (QED) is 0.825. The van der Waals surface area contributed by atoms with E-state index < -0.39 is 0 Å². The second kappa shape index (κ2) is 5.73. The van der Waals surface area contributed by atoms with E-state index in [1.165, 1.54) is 12.1 Å². The lowest BCUT2D eigenvalue weighted by atomic mass is 10.2. The lowest BCUT2D eigenvalue weighted by molar-refractivity contribution is 0.617. The number of hydrogen-bond donors (Lipinski definition) is 1. The highest BCUT2D eigenvalue weighted by atomic mass is 19.1. The van der Waals surface area contributed by atoms with Crippen LogP contribution in [0.25, 0.3) is 5.69 Å². The van der Waals surface area contributed by atoms with Gasteiger partial charge in [0.1, 0.15) is 5.82 Å². The van der Waals surface area contributed by atoms with E-state index in [0.717, 1.165) is 29.9 Å². The van der Waals surface area contributed by atoms with Gasteiger partial charge in [-0.05, 0) is 37.6 Å². The van der Waals surface area contributed by atoms with Crippen LogP contribution in [0.2, 0.25) is 0 Å². The van der Waals surface area contributed by atoms with Crippen LogP contribution in [0.4, 0.5) is 4.39 Å². The second-order valence-corrected chi connectivity index (χ2v) is 4.24. The van der Waals surface area contributed by atoms with Crippen molar-refractivity contribution in [2.24, 2.45) is 0 Å². The number of halogens is 1. The van der Waals surface area contributed by atoms with E-state index in [9.17, 15) is 4.39 Å². The zero-order valence-electron chi connectivity index (χ0n) is 10.7. The number of rotatable bonds is 5. The predicted molar refractivity (Wildman–Crippen MR) is 68.1 cm³/mol. The van der Waals surface area contributed by atoms with Gasteiger partial charge in [0.05, 0.1) is 17.6 Å². The summed E-state index contributed by atoms with van der Waals surface area (Å²) in [4.78, 5) is 0. The maximum Gasteiger partial charge on any atom is 0.125 e. The first-order valence-corrected chi connectivity index (χ1v) is 6.09. The smallest absolute Gasteiger partial charge is 0.125 e. The van der Waals surface area contributed by atoms with E-state index in [1.54, 1.807) is 16.9 Å². The molecule has 0 unspecified atom stereocenters. The minimum absolute atomic E-state index is 0.265. The Kier molecular flexibility index (Phi) is 4.04. The van der Waals surface area contributed by atoms with Crippen molar-refractivity contribution in [2.45, 2.75) is 26.8 Å². The maximum atomic E-state index is 13.3. The minimum atomic E-state index is -0.265. The Labute approximate surface area is 106 Å². The fourth-order valence-electron chi connectivity index (χ4n) is 1.78. The second-order valence-electron chi connectivity index (χ2n) is 4.24. The van der Waals surface area contributed by atoms with E-state index in [0.29, 0.717) is 6.54 Å². The molecule has 1 aromatic heterocycles. The molecule has 18 heavy (non-hydrogen) atoms. The van der Waals surface area contributed by atoms with E-state index >= 15 is 0 Å². The summed E-state index contributed by atoms with van der Waals surface area (Å²) in [5.74, 6) is -0.265. The van der Waals surface area contributed by atoms with Gasteiger partial charge < -0.3 is 5.32 Å². The van der Waals surface area contributed by atoms with Crippen LogP contribution in [0.3, 0.4) is 0 Å². The van der Waals surface area contributed by atoms with E-state index in [1.807, 2.05) is 6.92 Å². The molecule has 0 aliphatic carbocycles. The number of hydrogen-bond acceptors (Lipinski definition) is 3. The molecule has 0 saturated carbocycles. The first-order chi connectivity index (χ1) is 8.72. The van der Waals surface area contributed by atoms with Crippen molar-refractivity contribution in [3.05, 3.63) is 41.5 Å². The van der Waals surface area contributed by atoms with E-state index in [-0.39, 0.29) is 5.82 Å². The fraction of sp³-hybridized carbons (Fsp3) is 0.385. The third-order valence-corrected chi connectivity index (χ3v) is 2.75. The molecule has 2 rings (SSSR count). The Morgan fingerprint density at radius 2 is 2.22 bits per heavy atom. The maximum absolute atomic E-state index is 13.3. The highest BCUT2D eigenvalue weighted by Gasteiger charge is 2.09. The summed E-state index contributed by atoms with van der Waals surface area (Å²) < 4.78 is 15.0. The topological polar surface area (TPSA) is 42.7 Å². The van der Waals surface area contributed by atoms with E-state index in [2.05, 4.69) is 22.6 Å². The lowest BCUT2D eigenvalue weighted by Gasteiger charge is -2.09. The summed E-state index contributed by atoms with van der Waals surface area (Å²) in [5.41, 5.74) is 2.64. The highest BCUT2D eigenvalue weighted by Crippen LogP contribution is 2.16. The average Bonchev–Trinajstić information content (AvgIpc) is 2.81. The SMILES string of the molecule is CCCNCc1cnnn1-c1cc(F)ccc1C. The first-order valence-electron chi connectivity index (χ1n) is 6.09. The first kappa shape index (κ1) is 12.7. The molecule has 0 saturated heterocycles. The zero-order valence-corrected chi connectivity index (χ0v) is 10.7. The van der Waals surface area contributed by atoms with Crippen molar-refractivity contribution >= 4 is 0 Å². The summed E-state index contributed by atoms with van der Waals surface area (Å²) in [6, 6.07) is 4.67. The van der Waals surface area contributed by atoms with Gasteiger partial charge in [-0.1, -0.05) is 18.2 Å². The molecular formula is C13H17FN4. The molecule has 1 N–H and O–H groups in total. The molecule has 0 atom stereocenters. The summed E-state index contributed by atoms with van der Waals surface area (Å²) in [6.07, 6.45) is 2.77. The van der Waals surface area contributed by atoms with Gasteiger partial charge in [-0.25, -0.2) is 9.07 Å². The van der Waals surface area contributed by atoms with Crippen molar-refractivity contribution in [3.8, 4) is 5.69 Å². The van der Waals surface area contributed by atoms with Crippen molar-refractivity contribution in [3.63, 3.8) is 0 Å². The number of nitrogens with zero attached hydrogens (tertiary/aromatic N) is 3. The monoisotopic (exact) mass is 248 g/mol. The number of benzene rings is 1. The average molecular weight is 248 g/mol. The Morgan fingerprint density at radius 1 is 1.39 bits per heavy atom. The number of aromatic nitrogens is 3. The van der Waals surface area contributed by atoms with Gasteiger partial charge in [0.2, 0.25) is 0 Å². The zero-order chi connectivity index (χ0) is 13.0. The Hall–Kier alpha value is -1.75. The van der Waals surface area contributed by atoms with Crippen molar-refractivity contribution in [2.75, 3.05) is 6.54 Å². The fourth-order valence-corrected chi connectivity index (χ4v) is 1.78. The van der Waals surface area contributed by atoms with Gasteiger partial charge >= 0.3 is 0 Å². The van der Waals surface area contributed by atoms with Crippen LogP contribution < -0.4 is 5.32 Å². The molecule has 4 nitrogen and oxygen atoms in total. The van der Waals surface area contributed by atoms with Gasteiger partial charge in [0.15, 0.2) is 0 Å². The summed E-state index contributed by atoms with van der Waals surface area (Å²) in [6.45, 7) is 5.66. The predicted octanol–water partition coefficient (Wildman–Crippen LogP) is 2.21. The normalized spacial score (nSPS) is 10.8. The third-order valence-electron chi connectivity index (χ3n) is 2.75. The molecule has 0 amide bonds. The van der Waals surface area contributed by atoms with Gasteiger partial charge in [-0.2, -0.15) is 0 Å². The van der Waals surface area contributed by atoms with Gasteiger partial charge in [-0.15, -0.1) is 5.10 Å². The van der Waals surface area contributed by atoms with Crippen LogP contribution in [0, 0.1) is 12.7 Å². The molecule has 1 heterocycles. The van der Waals surface area contributed by atoms with Crippen LogP contribution in [0.5, 0.6) is 0 Å². The molecule has 96 valence electrons. The molecule has 0 bridgehead atoms. The summed E-state index contributed by atoms with van der Waals surface area (Å²) in [7, 11) is 0. The van der Waals surface area contributed by atoms with Crippen LogP contribution >= 0.6 is 0 Å². The van der Waals surface area contributed by atoms with Crippen molar-refractivity contribution in [1.82, 2.24) is 20.3 Å². The van der Waals surface area contributed by atoms with Crippen LogP contribution in [0.15, 0.2) is 24.4 Å². The molecular weight excluding hydrogens is 231 g/mol. The van der Waals surface area contributed by atoms with Crippen molar-refractivity contribution in [1.29, 1.82) is 0 Å². The Morgan fingerprint density at radius 3 is 3.00 bits per heavy atom. The highest BCUT2D eigenvalue weighted by molar-refractivity contribution is 5.40. The molecule has 0 aliphatic heterocycles. The largest absolute Gasteiger partial charge is 0.311 e. The van der Waals surface area contributed by atoms with Gasteiger partial charge in [-0.3, -0.25) is 0 Å². The lowest BCUT2D eigenvalue weighted by Crippen LogP contribution is -2.17. The molecule has 1 aromatic carbocycles. The standard InChI is InChI=1S/C13H17FN4/c1-3-6-15-8-12-9-16-17-18(12)13-7-11(14)5-4-10(13)2/h4-5,7,9,15H,3,6,8H2,1-2H3. The van der Waals surface area contributed by atoms with E-state index in [4.69, 9.17) is 0 Å². The van der Waals surface area contributed by atoms with Crippen molar-refractivity contribution < 1.29 is 4.39 Å². The number of aryl methyl sites for hydroxylation is 1. The van der Waals surface area contributed by atoms with Crippen LogP contribution in [0.1, 0.15) is 24.6 Å². The minimum Gasteiger partial charge on any atom is -0.311 e. The third kappa shape index (κ3) is 2.73. The Bertz CT molecular complexity index is 521. The van der Waals surface area contributed by atoms with Gasteiger partial charge in [0.25, 0.3) is 0 Å². The van der Waals surface area contributed by atoms with Crippen LogP contribution in [-0.4, -0.2) is 21.5 Å². The molecule has 0 spiro atoms. The molecule has 0 radical (unpaired) electrons. The summed E-state index contributed by atoms with van der Waals surface area (Å²) >= 11 is 0. The Balaban J connectivity index is 2.27. The molecule has 0 aliphatic rings. The molecule has 2 aromatic rings. The van der Waals surface area contributed by atoms with Gasteiger partial charge in [0, 0.05) is 6.54 Å². The summed E-state index contributed by atoms with van der Waals surface area (Å²) in [5, 5.41) is 11.2. The molecule has 0 fully saturated rings. The number of nitrogens with one attached hydrogen (secondary N) is 1. The van der Waals surface area contributed by atoms with Crippen LogP contribution in [-0.2, 0) is 6.54 Å². The molecule has 5 heteroatoms.